The van der Waals surface area contributed by atoms with Crippen molar-refractivity contribution in [3.05, 3.63) is 51.2 Å². The van der Waals surface area contributed by atoms with E-state index in [-0.39, 0.29) is 11.8 Å². The number of fused-ring (bicyclic) bond motifs is 1. The van der Waals surface area contributed by atoms with Crippen LogP contribution in [0.25, 0.3) is 22.0 Å². The number of nitrogens with one attached hydrogen (secondary N) is 2. The van der Waals surface area contributed by atoms with Crippen LogP contribution in [0, 0.1) is 9.12 Å². The Hall–Kier alpha value is -2.53. The number of rotatable bonds is 13. The molecule has 0 fully saturated rings. The highest BCUT2D eigenvalue weighted by molar-refractivity contribution is 14.1. The van der Waals surface area contributed by atoms with E-state index < -0.39 is 32.0 Å². The van der Waals surface area contributed by atoms with Crippen molar-refractivity contribution in [3.8, 4) is 16.9 Å². The van der Waals surface area contributed by atoms with Crippen LogP contribution >= 0.6 is 22.6 Å². The van der Waals surface area contributed by atoms with Gasteiger partial charge in [-0.3, -0.25) is 0 Å². The number of ether oxygens (including phenoxy) is 2. The van der Waals surface area contributed by atoms with Crippen LogP contribution < -0.4 is 9.74 Å². The molecular formula is C38H57IN2O5Si. The number of carbonyl (C=O) groups is 2. The second-order valence-corrected chi connectivity index (χ2v) is 22.0. The summed E-state index contributed by atoms with van der Waals surface area (Å²) in [6.45, 7) is 25.9. The number of hydrogen-bond donors (Lipinski definition) is 2. The van der Waals surface area contributed by atoms with Crippen LogP contribution in [0.1, 0.15) is 101 Å². The highest BCUT2D eigenvalue weighted by atomic mass is 127. The molecule has 0 radical (unpaired) electrons. The Morgan fingerprint density at radius 1 is 0.915 bits per heavy atom. The van der Waals surface area contributed by atoms with E-state index in [1.54, 1.807) is 20.8 Å². The van der Waals surface area contributed by atoms with Gasteiger partial charge in [0.15, 0.2) is 0 Å². The number of alkyl carbamates (subject to hydrolysis) is 1. The molecule has 0 unspecified atom stereocenters. The first-order valence-corrected chi connectivity index (χ1v) is 20.2. The lowest BCUT2D eigenvalue weighted by molar-refractivity contribution is -0.143. The van der Waals surface area contributed by atoms with Gasteiger partial charge >= 0.3 is 12.1 Å². The third-order valence-corrected chi connectivity index (χ3v) is 16.3. The summed E-state index contributed by atoms with van der Waals surface area (Å²) in [7, 11) is -0.975. The molecule has 2 N–H and O–H groups in total. The molecule has 9 heteroatoms. The van der Waals surface area contributed by atoms with Crippen LogP contribution in [0.3, 0.4) is 0 Å². The average Bonchev–Trinajstić information content (AvgIpc) is 3.26. The number of hydrogen-bond acceptors (Lipinski definition) is 5. The van der Waals surface area contributed by atoms with Crippen molar-refractivity contribution in [2.45, 2.75) is 131 Å². The van der Waals surface area contributed by atoms with Crippen molar-refractivity contribution in [2.24, 2.45) is 5.41 Å². The Bertz CT molecular complexity index is 1530. The summed E-state index contributed by atoms with van der Waals surface area (Å²) in [4.78, 5) is 29.3. The molecule has 260 valence electrons. The van der Waals surface area contributed by atoms with Gasteiger partial charge in [-0.05, 0) is 118 Å². The molecule has 2 aromatic carbocycles. The minimum atomic E-state index is -2.30. The molecule has 0 aliphatic heterocycles. The van der Waals surface area contributed by atoms with Gasteiger partial charge in [0.2, 0.25) is 0 Å². The van der Waals surface area contributed by atoms with Crippen molar-refractivity contribution < 1.29 is 23.5 Å². The molecule has 3 aromatic rings. The molecule has 47 heavy (non-hydrogen) atoms. The quantitative estimate of drug-likeness (QED) is 0.103. The normalized spacial score (nSPS) is 13.4. The van der Waals surface area contributed by atoms with E-state index >= 15 is 0 Å². The lowest BCUT2D eigenvalue weighted by atomic mass is 9.83. The smallest absolute Gasteiger partial charge is 0.408 e. The molecule has 0 saturated carbocycles. The molecule has 1 aromatic heterocycles. The Labute approximate surface area is 297 Å². The predicted octanol–water partition coefficient (Wildman–Crippen LogP) is 10.6. The van der Waals surface area contributed by atoms with Gasteiger partial charge < -0.3 is 24.2 Å². The van der Waals surface area contributed by atoms with Gasteiger partial charge in [-0.15, -0.1) is 0 Å². The molecule has 1 heterocycles. The molecule has 0 saturated heterocycles. The van der Waals surface area contributed by atoms with E-state index in [1.807, 2.05) is 6.07 Å². The van der Waals surface area contributed by atoms with E-state index in [2.05, 4.69) is 126 Å². The average molecular weight is 777 g/mol. The maximum atomic E-state index is 13.0. The summed E-state index contributed by atoms with van der Waals surface area (Å²) >= 11 is 2.42. The number of benzene rings is 2. The Kier molecular flexibility index (Phi) is 12.7. The van der Waals surface area contributed by atoms with Crippen molar-refractivity contribution in [2.75, 3.05) is 7.11 Å². The molecule has 0 aliphatic carbocycles. The number of carbonyl (C=O) groups excluding carboxylic acids is 2. The van der Waals surface area contributed by atoms with Gasteiger partial charge in [-0.25, -0.2) is 9.59 Å². The lowest BCUT2D eigenvalue weighted by Gasteiger charge is -2.42. The summed E-state index contributed by atoms with van der Waals surface area (Å²) in [6.07, 6.45) is 1.61. The van der Waals surface area contributed by atoms with E-state index in [9.17, 15) is 9.59 Å². The number of halogens is 1. The van der Waals surface area contributed by atoms with Crippen molar-refractivity contribution in [1.29, 1.82) is 0 Å². The third-order valence-electron chi connectivity index (χ3n) is 9.38. The highest BCUT2D eigenvalue weighted by Gasteiger charge is 2.47. The molecule has 3 rings (SSSR count). The van der Waals surface area contributed by atoms with Crippen molar-refractivity contribution >= 4 is 53.9 Å². The fourth-order valence-corrected chi connectivity index (χ4v) is 12.8. The molecule has 0 bridgehead atoms. The van der Waals surface area contributed by atoms with Crippen molar-refractivity contribution in [3.63, 3.8) is 0 Å². The summed E-state index contributed by atoms with van der Waals surface area (Å²) < 4.78 is 19.0. The van der Waals surface area contributed by atoms with Crippen LogP contribution in [0.2, 0.25) is 16.6 Å². The molecular weight excluding hydrogens is 719 g/mol. The molecule has 1 atom stereocenters. The van der Waals surface area contributed by atoms with E-state index in [4.69, 9.17) is 13.9 Å². The van der Waals surface area contributed by atoms with Crippen LogP contribution in [-0.2, 0) is 27.1 Å². The Morgan fingerprint density at radius 3 is 2.06 bits per heavy atom. The van der Waals surface area contributed by atoms with Crippen LogP contribution in [0.5, 0.6) is 5.75 Å². The number of amides is 1. The largest absolute Gasteiger partial charge is 0.543 e. The Morgan fingerprint density at radius 2 is 1.53 bits per heavy atom. The second-order valence-electron chi connectivity index (χ2n) is 15.6. The van der Waals surface area contributed by atoms with E-state index in [0.717, 1.165) is 40.8 Å². The maximum absolute atomic E-state index is 13.0. The highest BCUT2D eigenvalue weighted by Crippen LogP contribution is 2.44. The van der Waals surface area contributed by atoms with Crippen molar-refractivity contribution in [1.82, 2.24) is 10.3 Å². The predicted molar refractivity (Wildman–Crippen MR) is 205 cm³/mol. The number of esters is 1. The first-order chi connectivity index (χ1) is 21.7. The fraction of sp³-hybridized carbons (Fsp3) is 0.579. The second kappa shape index (κ2) is 15.3. The fourth-order valence-electron chi connectivity index (χ4n) is 6.75. The van der Waals surface area contributed by atoms with Crippen LogP contribution in [-0.4, -0.2) is 44.1 Å². The first kappa shape index (κ1) is 38.9. The molecule has 0 spiro atoms. The van der Waals surface area contributed by atoms with Gasteiger partial charge in [0.25, 0.3) is 8.32 Å². The SMILES string of the molecule is CCC(C)(C)Cc1c(I)[nH]c2ccc(-c3cc(C[C@H](NC(=O)OC(C)(C)C)C(=O)OC)cc(O[Si](C(C)C)(C(C)C)C(C)C)c3)cc12. The van der Waals surface area contributed by atoms with Crippen LogP contribution in [0.4, 0.5) is 4.79 Å². The van der Waals surface area contributed by atoms with Gasteiger partial charge in [-0.1, -0.05) is 80.9 Å². The number of H-pyrrole nitrogens is 1. The monoisotopic (exact) mass is 776 g/mol. The standard InChI is InChI=1S/C38H57IN2O5Si/c1-14-38(11,12)22-31-30-21-27(15-16-32(30)40-34(31)39)28-17-26(19-33(35(42)44-13)41-36(43)45-37(8,9)10)18-29(20-28)46-47(23(2)3,24(4)5)25(6)7/h15-18,20-21,23-25,33,40H,14,19,22H2,1-13H3,(H,41,43)/t33-/m0/s1. The summed E-state index contributed by atoms with van der Waals surface area (Å²) in [5.41, 5.74) is 5.99. The van der Waals surface area contributed by atoms with E-state index in [0.29, 0.717) is 16.6 Å². The zero-order valence-electron chi connectivity index (χ0n) is 30.8. The van der Waals surface area contributed by atoms with Crippen LogP contribution in [0.15, 0.2) is 36.4 Å². The summed E-state index contributed by atoms with van der Waals surface area (Å²) in [6, 6.07) is 11.9. The zero-order chi connectivity index (χ0) is 35.5. The number of methoxy groups -OCH3 is 1. The maximum Gasteiger partial charge on any atom is 0.408 e. The lowest BCUT2D eigenvalue weighted by Crippen LogP contribution is -2.50. The molecule has 0 aliphatic rings. The Balaban J connectivity index is 2.20. The number of aromatic amines is 1. The first-order valence-electron chi connectivity index (χ1n) is 16.9. The summed E-state index contributed by atoms with van der Waals surface area (Å²) in [5, 5.41) is 3.96. The molecule has 7 nitrogen and oxygen atoms in total. The van der Waals surface area contributed by atoms with Gasteiger partial charge in [0, 0.05) is 17.3 Å². The van der Waals surface area contributed by atoms with Gasteiger partial charge in [-0.2, -0.15) is 0 Å². The zero-order valence-corrected chi connectivity index (χ0v) is 34.0. The topological polar surface area (TPSA) is 89.7 Å². The number of aromatic nitrogens is 1. The van der Waals surface area contributed by atoms with E-state index in [1.165, 1.54) is 21.8 Å². The summed E-state index contributed by atoms with van der Waals surface area (Å²) in [5.74, 6) is 0.253. The van der Waals surface area contributed by atoms with Gasteiger partial charge in [0.05, 0.1) is 10.8 Å². The van der Waals surface area contributed by atoms with Gasteiger partial charge in [0.1, 0.15) is 17.4 Å². The minimum absolute atomic E-state index is 0.175. The molecule has 1 amide bonds. The minimum Gasteiger partial charge on any atom is -0.543 e. The third kappa shape index (κ3) is 9.55.